The van der Waals surface area contributed by atoms with Crippen molar-refractivity contribution in [3.63, 3.8) is 0 Å². The number of anilines is 1. The van der Waals surface area contributed by atoms with Gasteiger partial charge in [-0.15, -0.1) is 0 Å². The molecule has 1 atom stereocenters. The van der Waals surface area contributed by atoms with E-state index in [1.165, 1.54) is 6.33 Å². The quantitative estimate of drug-likeness (QED) is 0.855. The lowest BCUT2D eigenvalue weighted by Gasteiger charge is -2.31. The number of hydrogen-bond donors (Lipinski definition) is 1. The molecule has 2 aromatic heterocycles. The van der Waals surface area contributed by atoms with Crippen LogP contribution in [0.4, 0.5) is 5.95 Å². The highest BCUT2D eigenvalue weighted by molar-refractivity contribution is 5.99. The minimum Gasteiger partial charge on any atom is -0.328 e. The molecular weight excluding hydrogens is 268 g/mol. The van der Waals surface area contributed by atoms with Gasteiger partial charge in [0.25, 0.3) is 0 Å². The molecule has 0 spiro atoms. The van der Waals surface area contributed by atoms with Gasteiger partial charge in [-0.1, -0.05) is 0 Å². The van der Waals surface area contributed by atoms with E-state index in [4.69, 9.17) is 0 Å². The first-order valence-corrected chi connectivity index (χ1v) is 7.08. The number of aryl methyl sites for hydroxylation is 2. The lowest BCUT2D eigenvalue weighted by molar-refractivity contribution is -0.116. The zero-order valence-corrected chi connectivity index (χ0v) is 12.0. The van der Waals surface area contributed by atoms with Crippen LogP contribution in [0.3, 0.4) is 0 Å². The summed E-state index contributed by atoms with van der Waals surface area (Å²) in [4.78, 5) is 16.7. The Labute approximate surface area is 121 Å². The number of allylic oxidation sites excluding steroid dienone is 2. The van der Waals surface area contributed by atoms with Gasteiger partial charge in [0, 0.05) is 36.5 Å². The SMILES string of the molecule is Cc1nn(C)cc1[C@@H]1C2=C(CCCC2=O)Nc2ncnn21. The van der Waals surface area contributed by atoms with E-state index >= 15 is 0 Å². The Morgan fingerprint density at radius 1 is 1.38 bits per heavy atom. The van der Waals surface area contributed by atoms with Gasteiger partial charge in [-0.25, -0.2) is 4.68 Å². The van der Waals surface area contributed by atoms with Gasteiger partial charge in [-0.2, -0.15) is 15.2 Å². The summed E-state index contributed by atoms with van der Waals surface area (Å²) in [6.07, 6.45) is 5.84. The van der Waals surface area contributed by atoms with Gasteiger partial charge in [0.1, 0.15) is 12.4 Å². The Morgan fingerprint density at radius 3 is 3.00 bits per heavy atom. The van der Waals surface area contributed by atoms with Crippen LogP contribution in [0.1, 0.15) is 36.6 Å². The fraction of sp³-hybridized carbons (Fsp3) is 0.429. The average Bonchev–Trinajstić information content (AvgIpc) is 3.03. The van der Waals surface area contributed by atoms with Crippen molar-refractivity contribution < 1.29 is 4.79 Å². The van der Waals surface area contributed by atoms with Crippen LogP contribution in [0, 0.1) is 6.92 Å². The highest BCUT2D eigenvalue weighted by atomic mass is 16.1. The highest BCUT2D eigenvalue weighted by Crippen LogP contribution is 2.40. The first-order chi connectivity index (χ1) is 10.1. The fourth-order valence-corrected chi connectivity index (χ4v) is 3.27. The maximum absolute atomic E-state index is 12.5. The van der Waals surface area contributed by atoms with Gasteiger partial charge in [-0.3, -0.25) is 9.48 Å². The molecule has 2 aromatic rings. The third-order valence-electron chi connectivity index (χ3n) is 4.16. The van der Waals surface area contributed by atoms with Crippen LogP contribution in [-0.2, 0) is 11.8 Å². The molecule has 0 bridgehead atoms. The zero-order valence-electron chi connectivity index (χ0n) is 12.0. The Hall–Kier alpha value is -2.44. The Kier molecular flexibility index (Phi) is 2.51. The predicted octanol–water partition coefficient (Wildman–Crippen LogP) is 1.34. The van der Waals surface area contributed by atoms with Crippen LogP contribution in [0.25, 0.3) is 0 Å². The van der Waals surface area contributed by atoms with E-state index in [0.717, 1.165) is 35.4 Å². The van der Waals surface area contributed by atoms with Gasteiger partial charge in [0.2, 0.25) is 5.95 Å². The number of ketones is 1. The largest absolute Gasteiger partial charge is 0.328 e. The number of nitrogens with zero attached hydrogens (tertiary/aromatic N) is 5. The normalized spacial score (nSPS) is 21.0. The van der Waals surface area contributed by atoms with E-state index < -0.39 is 0 Å². The topological polar surface area (TPSA) is 77.6 Å². The number of Topliss-reactive ketones (excluding diaryl/α,β-unsaturated/α-hetero) is 1. The van der Waals surface area contributed by atoms with Crippen LogP contribution in [0.2, 0.25) is 0 Å². The van der Waals surface area contributed by atoms with Gasteiger partial charge in [0.05, 0.1) is 5.69 Å². The number of rotatable bonds is 1. The Bertz CT molecular complexity index is 768. The number of carbonyl (C=O) groups is 1. The van der Waals surface area contributed by atoms with Crippen LogP contribution >= 0.6 is 0 Å². The highest BCUT2D eigenvalue weighted by Gasteiger charge is 2.37. The molecule has 1 aliphatic heterocycles. The van der Waals surface area contributed by atoms with Crippen molar-refractivity contribution in [3.05, 3.63) is 35.1 Å². The first kappa shape index (κ1) is 12.3. The van der Waals surface area contributed by atoms with E-state index in [1.807, 2.05) is 20.2 Å². The molecule has 0 unspecified atom stereocenters. The molecule has 21 heavy (non-hydrogen) atoms. The van der Waals surface area contributed by atoms with Crippen molar-refractivity contribution in [1.29, 1.82) is 0 Å². The number of carbonyl (C=O) groups excluding carboxylic acids is 1. The third-order valence-corrected chi connectivity index (χ3v) is 4.16. The molecule has 7 nitrogen and oxygen atoms in total. The average molecular weight is 284 g/mol. The van der Waals surface area contributed by atoms with Crippen molar-refractivity contribution in [1.82, 2.24) is 24.5 Å². The summed E-state index contributed by atoms with van der Waals surface area (Å²) in [6.45, 7) is 1.96. The second-order valence-electron chi connectivity index (χ2n) is 5.57. The van der Waals surface area contributed by atoms with E-state index in [2.05, 4.69) is 20.5 Å². The van der Waals surface area contributed by atoms with Gasteiger partial charge in [0.15, 0.2) is 5.78 Å². The molecule has 108 valence electrons. The molecule has 1 N–H and O–H groups in total. The summed E-state index contributed by atoms with van der Waals surface area (Å²) in [6, 6.07) is -0.222. The molecule has 0 saturated carbocycles. The Balaban J connectivity index is 1.95. The van der Waals surface area contributed by atoms with Gasteiger partial charge >= 0.3 is 0 Å². The number of aromatic nitrogens is 5. The number of hydrogen-bond acceptors (Lipinski definition) is 5. The molecule has 4 rings (SSSR count). The van der Waals surface area contributed by atoms with E-state index in [9.17, 15) is 4.79 Å². The van der Waals surface area contributed by atoms with Crippen molar-refractivity contribution in [2.75, 3.05) is 5.32 Å². The van der Waals surface area contributed by atoms with Crippen molar-refractivity contribution in [3.8, 4) is 0 Å². The standard InChI is InChI=1S/C14H16N6O/c1-8-9(6-19(2)18-8)13-12-10(4-3-5-11(12)21)17-14-15-7-16-20(13)14/h6-7,13H,3-5H2,1-2H3,(H,15,16,17)/t13-/m1/s1. The monoisotopic (exact) mass is 284 g/mol. The van der Waals surface area contributed by atoms with Gasteiger partial charge in [-0.05, 0) is 19.8 Å². The minimum absolute atomic E-state index is 0.193. The zero-order chi connectivity index (χ0) is 14.6. The lowest BCUT2D eigenvalue weighted by atomic mass is 9.86. The van der Waals surface area contributed by atoms with E-state index in [-0.39, 0.29) is 11.8 Å². The smallest absolute Gasteiger partial charge is 0.226 e. The lowest BCUT2D eigenvalue weighted by Crippen LogP contribution is -2.31. The third kappa shape index (κ3) is 1.73. The summed E-state index contributed by atoms with van der Waals surface area (Å²) in [5.41, 5.74) is 3.72. The first-order valence-electron chi connectivity index (χ1n) is 7.08. The molecule has 0 saturated heterocycles. The second kappa shape index (κ2) is 4.28. The summed E-state index contributed by atoms with van der Waals surface area (Å²) in [7, 11) is 1.89. The molecule has 2 aliphatic rings. The molecule has 3 heterocycles. The number of fused-ring (bicyclic) bond motifs is 1. The van der Waals surface area contributed by atoms with Crippen LogP contribution in [-0.4, -0.2) is 30.3 Å². The van der Waals surface area contributed by atoms with Crippen molar-refractivity contribution >= 4 is 11.7 Å². The molecular formula is C14H16N6O. The summed E-state index contributed by atoms with van der Waals surface area (Å²) in [5, 5.41) is 12.0. The van der Waals surface area contributed by atoms with Crippen molar-refractivity contribution in [2.24, 2.45) is 7.05 Å². The summed E-state index contributed by atoms with van der Waals surface area (Å²) in [5.74, 6) is 0.884. The van der Waals surface area contributed by atoms with Crippen LogP contribution in [0.5, 0.6) is 0 Å². The van der Waals surface area contributed by atoms with Crippen LogP contribution in [0.15, 0.2) is 23.8 Å². The maximum Gasteiger partial charge on any atom is 0.226 e. The van der Waals surface area contributed by atoms with Gasteiger partial charge < -0.3 is 5.32 Å². The summed E-state index contributed by atoms with van der Waals surface area (Å²) >= 11 is 0. The van der Waals surface area contributed by atoms with E-state index in [0.29, 0.717) is 12.4 Å². The molecule has 0 amide bonds. The second-order valence-corrected chi connectivity index (χ2v) is 5.57. The molecule has 0 radical (unpaired) electrons. The molecule has 0 fully saturated rings. The number of nitrogens with one attached hydrogen (secondary N) is 1. The predicted molar refractivity (Wildman–Crippen MR) is 75.6 cm³/mol. The molecule has 7 heteroatoms. The van der Waals surface area contributed by atoms with Crippen molar-refractivity contribution in [2.45, 2.75) is 32.2 Å². The van der Waals surface area contributed by atoms with E-state index in [1.54, 1.807) is 9.36 Å². The minimum atomic E-state index is -0.222. The molecule has 1 aliphatic carbocycles. The Morgan fingerprint density at radius 2 is 2.24 bits per heavy atom. The molecule has 0 aromatic carbocycles. The van der Waals surface area contributed by atoms with Crippen LogP contribution < -0.4 is 5.32 Å². The summed E-state index contributed by atoms with van der Waals surface area (Å²) < 4.78 is 3.56. The fourth-order valence-electron chi connectivity index (χ4n) is 3.27. The maximum atomic E-state index is 12.5.